The van der Waals surface area contributed by atoms with Gasteiger partial charge in [-0.1, -0.05) is 33.8 Å². The van der Waals surface area contributed by atoms with Crippen molar-refractivity contribution in [2.45, 2.75) is 53.1 Å². The van der Waals surface area contributed by atoms with Crippen molar-refractivity contribution in [1.29, 1.82) is 0 Å². The van der Waals surface area contributed by atoms with Crippen LogP contribution in [0, 0.1) is 5.92 Å². The summed E-state index contributed by atoms with van der Waals surface area (Å²) in [5, 5.41) is 0. The van der Waals surface area contributed by atoms with Gasteiger partial charge in [0.1, 0.15) is 0 Å². The molecule has 0 spiro atoms. The van der Waals surface area contributed by atoms with Gasteiger partial charge in [-0.2, -0.15) is 0 Å². The van der Waals surface area contributed by atoms with E-state index >= 15 is 0 Å². The largest absolute Gasteiger partial charge is 0.454 e. The summed E-state index contributed by atoms with van der Waals surface area (Å²) in [5.74, 6) is 2.41. The van der Waals surface area contributed by atoms with Crippen molar-refractivity contribution in [2.24, 2.45) is 5.92 Å². The lowest BCUT2D eigenvalue weighted by atomic mass is 9.82. The Balaban J connectivity index is 0.000000704. The zero-order valence-electron chi connectivity index (χ0n) is 13.1. The van der Waals surface area contributed by atoms with Gasteiger partial charge in [0.25, 0.3) is 0 Å². The van der Waals surface area contributed by atoms with Crippen LogP contribution in [0.1, 0.15) is 45.2 Å². The molecular weight excluding hydrogens is 252 g/mol. The maximum atomic E-state index is 5.96. The van der Waals surface area contributed by atoms with Gasteiger partial charge in [0, 0.05) is 18.6 Å². The molecule has 3 nitrogen and oxygen atoms in total. The topological polar surface area (TPSA) is 27.7 Å². The molecule has 2 atom stereocenters. The molecule has 0 saturated carbocycles. The average molecular weight is 278 g/mol. The molecule has 0 saturated heterocycles. The van der Waals surface area contributed by atoms with E-state index in [1.165, 1.54) is 11.1 Å². The third kappa shape index (κ3) is 2.93. The van der Waals surface area contributed by atoms with E-state index in [0.29, 0.717) is 18.8 Å². The fraction of sp³-hybridized carbons (Fsp3) is 0.647. The summed E-state index contributed by atoms with van der Waals surface area (Å²) in [7, 11) is 0. The summed E-state index contributed by atoms with van der Waals surface area (Å²) in [4.78, 5) is 0. The van der Waals surface area contributed by atoms with Crippen LogP contribution in [0.2, 0.25) is 0 Å². The summed E-state index contributed by atoms with van der Waals surface area (Å²) in [6, 6.07) is 4.20. The fourth-order valence-electron chi connectivity index (χ4n) is 2.86. The summed E-state index contributed by atoms with van der Waals surface area (Å²) in [5.41, 5.74) is 2.69. The van der Waals surface area contributed by atoms with Gasteiger partial charge in [0.05, 0.1) is 6.10 Å². The van der Waals surface area contributed by atoms with Crippen LogP contribution in [0.5, 0.6) is 11.5 Å². The first-order chi connectivity index (χ1) is 9.79. The van der Waals surface area contributed by atoms with Crippen LogP contribution >= 0.6 is 0 Å². The van der Waals surface area contributed by atoms with E-state index in [0.717, 1.165) is 37.4 Å². The lowest BCUT2D eigenvalue weighted by molar-refractivity contribution is 0.0129. The molecule has 0 aromatic heterocycles. The van der Waals surface area contributed by atoms with Gasteiger partial charge in [-0.25, -0.2) is 0 Å². The quantitative estimate of drug-likeness (QED) is 0.837. The molecule has 0 amide bonds. The molecule has 0 fully saturated rings. The lowest BCUT2D eigenvalue weighted by Crippen LogP contribution is -2.31. The molecule has 0 unspecified atom stereocenters. The molecule has 1 aromatic carbocycles. The first-order valence-corrected chi connectivity index (χ1v) is 7.81. The van der Waals surface area contributed by atoms with E-state index < -0.39 is 0 Å². The van der Waals surface area contributed by atoms with Crippen molar-refractivity contribution in [2.75, 3.05) is 13.4 Å². The first-order valence-electron chi connectivity index (χ1n) is 7.81. The summed E-state index contributed by atoms with van der Waals surface area (Å²) in [6.07, 6.45) is 3.40. The van der Waals surface area contributed by atoms with Gasteiger partial charge in [0.15, 0.2) is 11.5 Å². The Hall–Kier alpha value is -1.22. The van der Waals surface area contributed by atoms with Crippen LogP contribution in [0.4, 0.5) is 0 Å². The van der Waals surface area contributed by atoms with Gasteiger partial charge in [-0.05, 0) is 30.4 Å². The molecule has 0 N–H and O–H groups in total. The Labute approximate surface area is 122 Å². The molecule has 20 heavy (non-hydrogen) atoms. The second-order valence-electron chi connectivity index (χ2n) is 5.23. The number of benzene rings is 1. The van der Waals surface area contributed by atoms with Gasteiger partial charge >= 0.3 is 0 Å². The lowest BCUT2D eigenvalue weighted by Gasteiger charge is -2.31. The minimum atomic E-state index is 0.313. The summed E-state index contributed by atoms with van der Waals surface area (Å²) in [6.45, 7) is 9.61. The normalized spacial score (nSPS) is 22.8. The van der Waals surface area contributed by atoms with Gasteiger partial charge in [0.2, 0.25) is 6.79 Å². The van der Waals surface area contributed by atoms with E-state index in [1.807, 2.05) is 19.9 Å². The molecule has 1 heterocycles. The third-order valence-corrected chi connectivity index (χ3v) is 3.86. The second-order valence-corrected chi connectivity index (χ2v) is 5.23. The SMILES string of the molecule is CC.CCCO[C@@H]1Cc2c(ccc3c2OCO3)C[C@H]1C. The molecule has 0 bridgehead atoms. The minimum Gasteiger partial charge on any atom is -0.454 e. The maximum Gasteiger partial charge on any atom is 0.231 e. The zero-order valence-corrected chi connectivity index (χ0v) is 13.1. The van der Waals surface area contributed by atoms with E-state index in [9.17, 15) is 0 Å². The van der Waals surface area contributed by atoms with Crippen LogP contribution < -0.4 is 9.47 Å². The van der Waals surface area contributed by atoms with E-state index in [1.54, 1.807) is 0 Å². The van der Waals surface area contributed by atoms with Crippen molar-refractivity contribution in [3.8, 4) is 11.5 Å². The Morgan fingerprint density at radius 2 is 2.00 bits per heavy atom. The van der Waals surface area contributed by atoms with E-state index in [4.69, 9.17) is 14.2 Å². The molecule has 0 radical (unpaired) electrons. The standard InChI is InChI=1S/C15H20O3.C2H6/c1-3-6-16-14-8-12-11(7-10(14)2)4-5-13-15(12)18-9-17-13;1-2/h4-5,10,14H,3,6-9H2,1-2H3;1-2H3/t10-,14-;/m1./s1. The van der Waals surface area contributed by atoms with Crippen LogP contribution in [-0.4, -0.2) is 19.5 Å². The van der Waals surface area contributed by atoms with Crippen LogP contribution in [0.3, 0.4) is 0 Å². The average Bonchev–Trinajstić information content (AvgIpc) is 2.96. The van der Waals surface area contributed by atoms with Gasteiger partial charge < -0.3 is 14.2 Å². The van der Waals surface area contributed by atoms with E-state index in [2.05, 4.69) is 19.9 Å². The van der Waals surface area contributed by atoms with Crippen molar-refractivity contribution in [3.63, 3.8) is 0 Å². The van der Waals surface area contributed by atoms with E-state index in [-0.39, 0.29) is 0 Å². The highest BCUT2D eigenvalue weighted by atomic mass is 16.7. The maximum absolute atomic E-state index is 5.96. The molecule has 112 valence electrons. The minimum absolute atomic E-state index is 0.313. The number of fused-ring (bicyclic) bond motifs is 3. The molecule has 3 rings (SSSR count). The highest BCUT2D eigenvalue weighted by Gasteiger charge is 2.31. The monoisotopic (exact) mass is 278 g/mol. The first kappa shape index (κ1) is 15.2. The Bertz CT molecular complexity index is 442. The molecule has 2 aliphatic rings. The zero-order chi connectivity index (χ0) is 14.5. The molecule has 3 heteroatoms. The van der Waals surface area contributed by atoms with Gasteiger partial charge in [-0.15, -0.1) is 0 Å². The summed E-state index contributed by atoms with van der Waals surface area (Å²) >= 11 is 0. The number of rotatable bonds is 3. The number of hydrogen-bond donors (Lipinski definition) is 0. The Morgan fingerprint density at radius 3 is 2.75 bits per heavy atom. The van der Waals surface area contributed by atoms with Gasteiger partial charge in [-0.3, -0.25) is 0 Å². The van der Waals surface area contributed by atoms with Crippen molar-refractivity contribution in [3.05, 3.63) is 23.3 Å². The second kappa shape index (κ2) is 6.98. The number of ether oxygens (including phenoxy) is 3. The predicted octanol–water partition coefficient (Wildman–Crippen LogP) is 3.97. The van der Waals surface area contributed by atoms with Crippen LogP contribution in [-0.2, 0) is 17.6 Å². The molecule has 1 aliphatic carbocycles. The Kier molecular flexibility index (Phi) is 5.30. The van der Waals surface area contributed by atoms with Crippen molar-refractivity contribution < 1.29 is 14.2 Å². The molecule has 1 aliphatic heterocycles. The molecule has 1 aromatic rings. The van der Waals surface area contributed by atoms with Crippen molar-refractivity contribution in [1.82, 2.24) is 0 Å². The molecular formula is C17H26O3. The summed E-state index contributed by atoms with van der Waals surface area (Å²) < 4.78 is 17.0. The van der Waals surface area contributed by atoms with Crippen molar-refractivity contribution >= 4 is 0 Å². The predicted molar refractivity (Wildman–Crippen MR) is 80.5 cm³/mol. The smallest absolute Gasteiger partial charge is 0.231 e. The highest BCUT2D eigenvalue weighted by molar-refractivity contribution is 5.53. The van der Waals surface area contributed by atoms with Crippen LogP contribution in [0.25, 0.3) is 0 Å². The third-order valence-electron chi connectivity index (χ3n) is 3.86. The Morgan fingerprint density at radius 1 is 1.20 bits per heavy atom. The highest BCUT2D eigenvalue weighted by Crippen LogP contribution is 2.42. The fourth-order valence-corrected chi connectivity index (χ4v) is 2.86. The van der Waals surface area contributed by atoms with Crippen LogP contribution in [0.15, 0.2) is 12.1 Å². The number of hydrogen-bond acceptors (Lipinski definition) is 3.